The van der Waals surface area contributed by atoms with Crippen molar-refractivity contribution in [1.82, 2.24) is 14.9 Å². The molecule has 1 amide bonds. The Bertz CT molecular complexity index is 1300. The van der Waals surface area contributed by atoms with E-state index in [2.05, 4.69) is 15.6 Å². The van der Waals surface area contributed by atoms with Gasteiger partial charge in [0.1, 0.15) is 11.6 Å². The van der Waals surface area contributed by atoms with Crippen LogP contribution < -0.4 is 20.1 Å². The molecule has 0 aliphatic carbocycles. The molecule has 166 valence electrons. The highest BCUT2D eigenvalue weighted by atomic mass is 16.7. The number of phenols is 1. The van der Waals surface area contributed by atoms with E-state index in [0.717, 1.165) is 22.7 Å². The molecule has 0 unspecified atom stereocenters. The number of carbonyl (C=O) groups excluding carboxylic acids is 1. The van der Waals surface area contributed by atoms with Crippen LogP contribution in [0.2, 0.25) is 0 Å². The molecule has 5 rings (SSSR count). The van der Waals surface area contributed by atoms with E-state index in [1.807, 2.05) is 53.2 Å². The summed E-state index contributed by atoms with van der Waals surface area (Å²) in [5, 5.41) is 16.0. The third-order valence-corrected chi connectivity index (χ3v) is 5.31. The van der Waals surface area contributed by atoms with Gasteiger partial charge in [-0.05, 0) is 42.3 Å². The minimum atomic E-state index is -0.170. The van der Waals surface area contributed by atoms with Gasteiger partial charge in [-0.3, -0.25) is 4.79 Å². The van der Waals surface area contributed by atoms with Gasteiger partial charge in [0.2, 0.25) is 6.79 Å². The van der Waals surface area contributed by atoms with Gasteiger partial charge in [0.25, 0.3) is 5.91 Å². The quantitative estimate of drug-likeness (QED) is 0.400. The summed E-state index contributed by atoms with van der Waals surface area (Å²) < 4.78 is 12.6. The molecule has 4 aromatic rings. The summed E-state index contributed by atoms with van der Waals surface area (Å²) in [6.07, 6.45) is 5.86. The van der Waals surface area contributed by atoms with E-state index in [-0.39, 0.29) is 18.4 Å². The molecule has 0 bridgehead atoms. The third kappa shape index (κ3) is 4.59. The van der Waals surface area contributed by atoms with Crippen molar-refractivity contribution in [3.8, 4) is 22.9 Å². The second kappa shape index (κ2) is 8.96. The van der Waals surface area contributed by atoms with Crippen molar-refractivity contribution in [2.45, 2.75) is 6.42 Å². The summed E-state index contributed by atoms with van der Waals surface area (Å²) in [5.41, 5.74) is 3.05. The summed E-state index contributed by atoms with van der Waals surface area (Å²) in [4.78, 5) is 16.9. The minimum Gasteiger partial charge on any atom is -0.508 e. The fourth-order valence-electron chi connectivity index (χ4n) is 3.60. The van der Waals surface area contributed by atoms with Crippen LogP contribution in [0, 0.1) is 0 Å². The van der Waals surface area contributed by atoms with Crippen LogP contribution >= 0.6 is 0 Å². The highest BCUT2D eigenvalue weighted by Crippen LogP contribution is 2.35. The predicted molar refractivity (Wildman–Crippen MR) is 124 cm³/mol. The lowest BCUT2D eigenvalue weighted by Gasteiger charge is -2.09. The maximum absolute atomic E-state index is 12.5. The van der Waals surface area contributed by atoms with Gasteiger partial charge in [0, 0.05) is 43.0 Å². The Labute approximate surface area is 190 Å². The van der Waals surface area contributed by atoms with Crippen molar-refractivity contribution < 1.29 is 19.4 Å². The summed E-state index contributed by atoms with van der Waals surface area (Å²) in [6, 6.07) is 18.3. The number of aromatic nitrogens is 2. The number of benzene rings is 2. The highest BCUT2D eigenvalue weighted by molar-refractivity contribution is 5.94. The third-order valence-electron chi connectivity index (χ3n) is 5.31. The van der Waals surface area contributed by atoms with Gasteiger partial charge < -0.3 is 29.8 Å². The average Bonchev–Trinajstić information content (AvgIpc) is 3.50. The first-order valence-corrected chi connectivity index (χ1v) is 10.5. The topological polar surface area (TPSA) is 97.6 Å². The highest BCUT2D eigenvalue weighted by Gasteiger charge is 2.14. The fraction of sp³-hybridized carbons (Fsp3) is 0.120. The first kappa shape index (κ1) is 20.4. The number of hydrogen-bond donors (Lipinski definition) is 3. The van der Waals surface area contributed by atoms with Crippen molar-refractivity contribution in [3.05, 3.63) is 90.4 Å². The molecule has 3 N–H and O–H groups in total. The number of phenolic OH excluding ortho intramolecular Hbond substituents is 1. The summed E-state index contributed by atoms with van der Waals surface area (Å²) >= 11 is 0. The van der Waals surface area contributed by atoms with E-state index in [1.54, 1.807) is 30.6 Å². The van der Waals surface area contributed by atoms with Gasteiger partial charge in [-0.1, -0.05) is 18.2 Å². The number of hydrogen-bond acceptors (Lipinski definition) is 6. The second-order valence-corrected chi connectivity index (χ2v) is 7.53. The molecule has 3 heterocycles. The first-order chi connectivity index (χ1) is 16.2. The number of carbonyl (C=O) groups is 1. The molecule has 2 aromatic carbocycles. The van der Waals surface area contributed by atoms with Gasteiger partial charge in [0.15, 0.2) is 11.5 Å². The molecule has 0 spiro atoms. The van der Waals surface area contributed by atoms with Crippen LogP contribution in [0.5, 0.6) is 17.2 Å². The van der Waals surface area contributed by atoms with E-state index in [0.29, 0.717) is 30.1 Å². The van der Waals surface area contributed by atoms with Crippen molar-refractivity contribution in [2.75, 3.05) is 18.7 Å². The normalized spacial score (nSPS) is 11.9. The molecule has 1 aliphatic rings. The molecule has 0 atom stereocenters. The summed E-state index contributed by atoms with van der Waals surface area (Å²) in [5.74, 6) is 2.15. The lowest BCUT2D eigenvalue weighted by molar-refractivity contribution is 0.0954. The molecule has 0 saturated carbocycles. The zero-order chi connectivity index (χ0) is 22.6. The van der Waals surface area contributed by atoms with E-state index in [9.17, 15) is 9.90 Å². The van der Waals surface area contributed by atoms with Crippen molar-refractivity contribution >= 4 is 17.4 Å². The van der Waals surface area contributed by atoms with E-state index in [1.165, 1.54) is 0 Å². The summed E-state index contributed by atoms with van der Waals surface area (Å²) in [6.45, 7) is 0.658. The molecule has 1 aliphatic heterocycles. The maximum atomic E-state index is 12.5. The van der Waals surface area contributed by atoms with Crippen molar-refractivity contribution in [2.24, 2.45) is 0 Å². The SMILES string of the molecule is O=C(NCCc1ccccc1O)c1ccn(-c2ccnc(Nc3ccc4c(c3)OCO4)c2)c1. The van der Waals surface area contributed by atoms with Crippen molar-refractivity contribution in [3.63, 3.8) is 0 Å². The number of fused-ring (bicyclic) bond motifs is 1. The molecule has 0 saturated heterocycles. The molecule has 8 nitrogen and oxygen atoms in total. The van der Waals surface area contributed by atoms with E-state index in [4.69, 9.17) is 9.47 Å². The molecule has 0 fully saturated rings. The monoisotopic (exact) mass is 442 g/mol. The lowest BCUT2D eigenvalue weighted by Crippen LogP contribution is -2.25. The number of nitrogens with one attached hydrogen (secondary N) is 2. The molecule has 0 radical (unpaired) electrons. The molecule has 33 heavy (non-hydrogen) atoms. The standard InChI is InChI=1S/C25H22N4O4/c30-21-4-2-1-3-17(21)7-10-27-25(31)18-9-12-29(15-18)20-8-11-26-24(14-20)28-19-5-6-22-23(13-19)33-16-32-22/h1-6,8-9,11-15,30H,7,10,16H2,(H,26,28)(H,27,31). The summed E-state index contributed by atoms with van der Waals surface area (Å²) in [7, 11) is 0. The number of para-hydroxylation sites is 1. The van der Waals surface area contributed by atoms with Gasteiger partial charge in [-0.15, -0.1) is 0 Å². The Kier molecular flexibility index (Phi) is 5.55. The lowest BCUT2D eigenvalue weighted by atomic mass is 10.1. The van der Waals surface area contributed by atoms with Crippen LogP contribution in [0.15, 0.2) is 79.3 Å². The Morgan fingerprint density at radius 2 is 1.94 bits per heavy atom. The largest absolute Gasteiger partial charge is 0.508 e. The number of rotatable bonds is 7. The first-order valence-electron chi connectivity index (χ1n) is 10.5. The Morgan fingerprint density at radius 1 is 1.06 bits per heavy atom. The number of anilines is 2. The van der Waals surface area contributed by atoms with Crippen molar-refractivity contribution in [1.29, 1.82) is 0 Å². The van der Waals surface area contributed by atoms with Crippen LogP contribution in [0.25, 0.3) is 5.69 Å². The minimum absolute atomic E-state index is 0.170. The Balaban J connectivity index is 1.23. The molecule has 2 aromatic heterocycles. The van der Waals surface area contributed by atoms with Gasteiger partial charge >= 0.3 is 0 Å². The second-order valence-electron chi connectivity index (χ2n) is 7.53. The van der Waals surface area contributed by atoms with E-state index >= 15 is 0 Å². The molecule has 8 heteroatoms. The van der Waals surface area contributed by atoms with Crippen LogP contribution in [0.3, 0.4) is 0 Å². The number of pyridine rings is 1. The van der Waals surface area contributed by atoms with Crippen LogP contribution in [-0.4, -0.2) is 33.9 Å². The number of amides is 1. The van der Waals surface area contributed by atoms with Gasteiger partial charge in [0.05, 0.1) is 11.3 Å². The van der Waals surface area contributed by atoms with Crippen LogP contribution in [0.4, 0.5) is 11.5 Å². The molecular formula is C25H22N4O4. The predicted octanol–water partition coefficient (Wildman–Crippen LogP) is 4.02. The fourth-order valence-corrected chi connectivity index (χ4v) is 3.60. The van der Waals surface area contributed by atoms with Gasteiger partial charge in [-0.2, -0.15) is 0 Å². The van der Waals surface area contributed by atoms with E-state index < -0.39 is 0 Å². The van der Waals surface area contributed by atoms with Crippen LogP contribution in [-0.2, 0) is 6.42 Å². The number of nitrogens with zero attached hydrogens (tertiary/aromatic N) is 2. The molecular weight excluding hydrogens is 420 g/mol. The van der Waals surface area contributed by atoms with Gasteiger partial charge in [-0.25, -0.2) is 4.98 Å². The van der Waals surface area contributed by atoms with Crippen LogP contribution in [0.1, 0.15) is 15.9 Å². The number of aromatic hydroxyl groups is 1. The Morgan fingerprint density at radius 3 is 2.85 bits per heavy atom. The average molecular weight is 442 g/mol. The maximum Gasteiger partial charge on any atom is 0.252 e. The number of ether oxygens (including phenoxy) is 2. The smallest absolute Gasteiger partial charge is 0.252 e. The Hall–Kier alpha value is -4.46. The zero-order valence-corrected chi connectivity index (χ0v) is 17.7. The zero-order valence-electron chi connectivity index (χ0n) is 17.7.